The van der Waals surface area contributed by atoms with Gasteiger partial charge in [-0.3, -0.25) is 4.99 Å². The second-order valence-electron chi connectivity index (χ2n) is 5.98. The van der Waals surface area contributed by atoms with E-state index in [1.165, 1.54) is 11.3 Å². The van der Waals surface area contributed by atoms with Gasteiger partial charge in [0.05, 0.1) is 6.10 Å². The number of guanidine groups is 1. The van der Waals surface area contributed by atoms with Gasteiger partial charge in [-0.25, -0.2) is 0 Å². The molecule has 24 heavy (non-hydrogen) atoms. The number of benzene rings is 1. The number of hydrogen-bond acceptors (Lipinski definition) is 3. The molecule has 0 amide bonds. The van der Waals surface area contributed by atoms with E-state index in [0.29, 0.717) is 6.10 Å². The molecule has 2 aliphatic rings. The lowest BCUT2D eigenvalue weighted by molar-refractivity contribution is 0.114. The van der Waals surface area contributed by atoms with Gasteiger partial charge in [0, 0.05) is 45.5 Å². The van der Waals surface area contributed by atoms with E-state index in [-0.39, 0.29) is 24.0 Å². The monoisotopic (exact) mass is 442 g/mol. The Labute approximate surface area is 161 Å². The number of hydrogen-bond donors (Lipinski definition) is 2. The van der Waals surface area contributed by atoms with E-state index in [4.69, 9.17) is 4.74 Å². The standard InChI is InChI=1S/C18H26N4O.HI/c1-19-18(21-14-17-5-4-12-23-17)20-13-15-6-8-16(9-7-15)22-10-2-3-11-22;/h2-3,6-9,17H,4-5,10-14H2,1H3,(H2,19,20,21);1H. The summed E-state index contributed by atoms with van der Waals surface area (Å²) in [7, 11) is 1.80. The summed E-state index contributed by atoms with van der Waals surface area (Å²) in [6, 6.07) is 8.72. The van der Waals surface area contributed by atoms with Gasteiger partial charge in [0.25, 0.3) is 0 Å². The molecule has 0 saturated carbocycles. The van der Waals surface area contributed by atoms with E-state index in [0.717, 1.165) is 51.6 Å². The minimum Gasteiger partial charge on any atom is -0.376 e. The van der Waals surface area contributed by atoms with Crippen LogP contribution in [0.1, 0.15) is 18.4 Å². The number of aliphatic imine (C=N–C) groups is 1. The molecule has 2 N–H and O–H groups in total. The molecule has 3 rings (SSSR count). The third-order valence-electron chi connectivity index (χ3n) is 4.32. The van der Waals surface area contributed by atoms with E-state index >= 15 is 0 Å². The van der Waals surface area contributed by atoms with Gasteiger partial charge in [0.15, 0.2) is 5.96 Å². The Bertz CT molecular complexity index is 545. The van der Waals surface area contributed by atoms with Crippen LogP contribution in [0, 0.1) is 0 Å². The first-order chi connectivity index (χ1) is 11.3. The zero-order valence-corrected chi connectivity index (χ0v) is 16.5. The molecule has 1 fully saturated rings. The van der Waals surface area contributed by atoms with Crippen LogP contribution in [0.15, 0.2) is 41.4 Å². The van der Waals surface area contributed by atoms with Crippen LogP contribution < -0.4 is 15.5 Å². The Kier molecular flexibility index (Phi) is 7.84. The van der Waals surface area contributed by atoms with Crippen LogP contribution in [0.2, 0.25) is 0 Å². The largest absolute Gasteiger partial charge is 0.376 e. The van der Waals surface area contributed by atoms with Crippen molar-refractivity contribution in [1.29, 1.82) is 0 Å². The van der Waals surface area contributed by atoms with Gasteiger partial charge in [0.2, 0.25) is 0 Å². The Morgan fingerprint density at radius 1 is 1.21 bits per heavy atom. The lowest BCUT2D eigenvalue weighted by Gasteiger charge is -2.18. The summed E-state index contributed by atoms with van der Waals surface area (Å²) in [4.78, 5) is 6.61. The van der Waals surface area contributed by atoms with Crippen LogP contribution in [0.5, 0.6) is 0 Å². The molecule has 1 unspecified atom stereocenters. The van der Waals surface area contributed by atoms with Crippen molar-refractivity contribution in [2.24, 2.45) is 4.99 Å². The molecule has 0 bridgehead atoms. The highest BCUT2D eigenvalue weighted by Crippen LogP contribution is 2.17. The van der Waals surface area contributed by atoms with Crippen molar-refractivity contribution in [1.82, 2.24) is 10.6 Å². The highest BCUT2D eigenvalue weighted by Gasteiger charge is 2.15. The summed E-state index contributed by atoms with van der Waals surface area (Å²) in [5.41, 5.74) is 2.53. The summed E-state index contributed by atoms with van der Waals surface area (Å²) < 4.78 is 5.62. The van der Waals surface area contributed by atoms with Crippen LogP contribution in [0.4, 0.5) is 5.69 Å². The van der Waals surface area contributed by atoms with Gasteiger partial charge in [-0.05, 0) is 30.5 Å². The van der Waals surface area contributed by atoms with E-state index in [9.17, 15) is 0 Å². The van der Waals surface area contributed by atoms with Crippen LogP contribution in [0.3, 0.4) is 0 Å². The maximum Gasteiger partial charge on any atom is 0.191 e. The summed E-state index contributed by atoms with van der Waals surface area (Å²) in [6.45, 7) is 4.50. The summed E-state index contributed by atoms with van der Waals surface area (Å²) in [5, 5.41) is 6.69. The smallest absolute Gasteiger partial charge is 0.191 e. The number of nitrogens with one attached hydrogen (secondary N) is 2. The first kappa shape index (κ1) is 19.1. The normalized spacial score (nSPS) is 20.1. The molecule has 2 heterocycles. The second kappa shape index (κ2) is 9.88. The maximum absolute atomic E-state index is 5.62. The average molecular weight is 442 g/mol. The molecule has 5 nitrogen and oxygen atoms in total. The number of rotatable bonds is 5. The minimum absolute atomic E-state index is 0. The van der Waals surface area contributed by atoms with Gasteiger partial charge >= 0.3 is 0 Å². The first-order valence-electron chi connectivity index (χ1n) is 8.40. The number of nitrogens with zero attached hydrogens (tertiary/aromatic N) is 2. The van der Waals surface area contributed by atoms with Crippen LogP contribution >= 0.6 is 24.0 Å². The van der Waals surface area contributed by atoms with Gasteiger partial charge in [-0.15, -0.1) is 24.0 Å². The van der Waals surface area contributed by atoms with Gasteiger partial charge in [0.1, 0.15) is 0 Å². The highest BCUT2D eigenvalue weighted by atomic mass is 127. The highest BCUT2D eigenvalue weighted by molar-refractivity contribution is 14.0. The molecule has 1 aromatic carbocycles. The fourth-order valence-corrected chi connectivity index (χ4v) is 2.94. The predicted octanol–water partition coefficient (Wildman–Crippen LogP) is 2.52. The van der Waals surface area contributed by atoms with Crippen LogP contribution in [-0.4, -0.2) is 45.4 Å². The molecule has 2 aliphatic heterocycles. The van der Waals surface area contributed by atoms with E-state index in [2.05, 4.69) is 56.9 Å². The Morgan fingerprint density at radius 3 is 2.58 bits per heavy atom. The lowest BCUT2D eigenvalue weighted by Crippen LogP contribution is -2.40. The Hall–Kier alpha value is -1.28. The third kappa shape index (κ3) is 5.37. The fourth-order valence-electron chi connectivity index (χ4n) is 2.94. The summed E-state index contributed by atoms with van der Waals surface area (Å²) in [6.07, 6.45) is 7.04. The number of ether oxygens (including phenoxy) is 1. The molecule has 132 valence electrons. The van der Waals surface area contributed by atoms with E-state index in [1.54, 1.807) is 7.05 Å². The first-order valence-corrected chi connectivity index (χ1v) is 8.40. The Morgan fingerprint density at radius 2 is 1.96 bits per heavy atom. The van der Waals surface area contributed by atoms with Gasteiger partial charge in [-0.2, -0.15) is 0 Å². The summed E-state index contributed by atoms with van der Waals surface area (Å²) in [5.74, 6) is 0.827. The molecule has 0 aliphatic carbocycles. The predicted molar refractivity (Wildman–Crippen MR) is 110 cm³/mol. The van der Waals surface area contributed by atoms with Crippen LogP contribution in [0.25, 0.3) is 0 Å². The SMILES string of the molecule is CN=C(NCc1ccc(N2CC=CC2)cc1)NCC1CCCO1.I. The number of halogens is 1. The molecule has 0 spiro atoms. The third-order valence-corrected chi connectivity index (χ3v) is 4.32. The summed E-state index contributed by atoms with van der Waals surface area (Å²) >= 11 is 0. The zero-order valence-electron chi connectivity index (χ0n) is 14.2. The van der Waals surface area contributed by atoms with Crippen molar-refractivity contribution in [3.05, 3.63) is 42.0 Å². The van der Waals surface area contributed by atoms with Gasteiger partial charge < -0.3 is 20.3 Å². The van der Waals surface area contributed by atoms with Crippen LogP contribution in [-0.2, 0) is 11.3 Å². The molecule has 6 heteroatoms. The minimum atomic E-state index is 0. The lowest BCUT2D eigenvalue weighted by atomic mass is 10.2. The van der Waals surface area contributed by atoms with E-state index in [1.807, 2.05) is 0 Å². The molecule has 1 atom stereocenters. The molecular formula is C18H27IN4O. The van der Waals surface area contributed by atoms with Crippen molar-refractivity contribution < 1.29 is 4.74 Å². The second-order valence-corrected chi connectivity index (χ2v) is 5.98. The molecule has 1 aromatic rings. The van der Waals surface area contributed by atoms with Crippen molar-refractivity contribution in [3.63, 3.8) is 0 Å². The topological polar surface area (TPSA) is 48.9 Å². The van der Waals surface area contributed by atoms with Crippen molar-refractivity contribution in [2.45, 2.75) is 25.5 Å². The van der Waals surface area contributed by atoms with Gasteiger partial charge in [-0.1, -0.05) is 24.3 Å². The molecule has 1 saturated heterocycles. The number of anilines is 1. The average Bonchev–Trinajstić information content (AvgIpc) is 3.29. The van der Waals surface area contributed by atoms with Crippen molar-refractivity contribution in [3.8, 4) is 0 Å². The fraction of sp³-hybridized carbons (Fsp3) is 0.500. The van der Waals surface area contributed by atoms with Crippen molar-refractivity contribution >= 4 is 35.6 Å². The molecular weight excluding hydrogens is 415 g/mol. The molecule has 0 radical (unpaired) electrons. The Balaban J connectivity index is 0.00000208. The zero-order chi connectivity index (χ0) is 15.9. The quantitative estimate of drug-likeness (QED) is 0.319. The maximum atomic E-state index is 5.62. The molecule has 0 aromatic heterocycles. The van der Waals surface area contributed by atoms with E-state index < -0.39 is 0 Å². The van der Waals surface area contributed by atoms with Crippen molar-refractivity contribution in [2.75, 3.05) is 38.2 Å².